The molecule has 1 aliphatic carbocycles. The van der Waals surface area contributed by atoms with Crippen LogP contribution < -0.4 is 5.32 Å². The van der Waals surface area contributed by atoms with Gasteiger partial charge in [0.1, 0.15) is 5.75 Å². The molecule has 1 aromatic carbocycles. The molecule has 2 rings (SSSR count). The van der Waals surface area contributed by atoms with Crippen LogP contribution in [0.15, 0.2) is 24.3 Å². The number of aliphatic carboxylic acids is 1. The van der Waals surface area contributed by atoms with Gasteiger partial charge in [-0.05, 0) is 30.0 Å². The molecule has 1 aliphatic rings. The fourth-order valence-electron chi connectivity index (χ4n) is 2.00. The second-order valence-corrected chi connectivity index (χ2v) is 4.47. The quantitative estimate of drug-likeness (QED) is 0.729. The maximum Gasteiger partial charge on any atom is 0.305 e. The first-order valence-electron chi connectivity index (χ1n) is 5.86. The summed E-state index contributed by atoms with van der Waals surface area (Å²) in [7, 11) is 0. The number of phenols is 1. The summed E-state index contributed by atoms with van der Waals surface area (Å²) in [4.78, 5) is 22.0. The number of carbonyl (C=O) groups is 2. The van der Waals surface area contributed by atoms with Crippen molar-refractivity contribution in [3.05, 3.63) is 29.8 Å². The molecule has 1 aromatic rings. The summed E-state index contributed by atoms with van der Waals surface area (Å²) in [5.74, 6) is -0.670. The van der Waals surface area contributed by atoms with Crippen LogP contribution in [0, 0.1) is 5.92 Å². The number of amides is 1. The molecule has 5 heteroatoms. The van der Waals surface area contributed by atoms with E-state index in [1.165, 1.54) is 0 Å². The molecular formula is C13H15NO4. The number of hydrogen-bond acceptors (Lipinski definition) is 3. The lowest BCUT2D eigenvalue weighted by atomic mass is 10.1. The standard InChI is InChI=1S/C13H15NO4/c15-9-3-1-8(2-4-9)10-7-11(10)13(18)14-6-5-12(16)17/h1-4,10-11,15H,5-7H2,(H,14,18)(H,16,17). The van der Waals surface area contributed by atoms with Crippen LogP contribution in [0.4, 0.5) is 0 Å². The Hall–Kier alpha value is -2.04. The minimum atomic E-state index is -0.916. The number of carboxylic acid groups (broad SMARTS) is 1. The fraction of sp³-hybridized carbons (Fsp3) is 0.385. The summed E-state index contributed by atoms with van der Waals surface area (Å²) in [5, 5.41) is 20.2. The molecule has 18 heavy (non-hydrogen) atoms. The van der Waals surface area contributed by atoms with Crippen LogP contribution in [0.3, 0.4) is 0 Å². The zero-order valence-corrected chi connectivity index (χ0v) is 9.80. The second kappa shape index (κ2) is 5.08. The van der Waals surface area contributed by atoms with E-state index >= 15 is 0 Å². The fourth-order valence-corrected chi connectivity index (χ4v) is 2.00. The second-order valence-electron chi connectivity index (χ2n) is 4.47. The number of hydrogen-bond donors (Lipinski definition) is 3. The van der Waals surface area contributed by atoms with Gasteiger partial charge >= 0.3 is 5.97 Å². The Labute approximate surface area is 104 Å². The van der Waals surface area contributed by atoms with E-state index in [1.807, 2.05) is 12.1 Å². The molecule has 96 valence electrons. The smallest absolute Gasteiger partial charge is 0.305 e. The molecular weight excluding hydrogens is 234 g/mol. The molecule has 2 unspecified atom stereocenters. The summed E-state index contributed by atoms with van der Waals surface area (Å²) in [6.07, 6.45) is 0.728. The van der Waals surface area contributed by atoms with E-state index in [2.05, 4.69) is 5.32 Å². The van der Waals surface area contributed by atoms with Gasteiger partial charge in [-0.3, -0.25) is 9.59 Å². The summed E-state index contributed by atoms with van der Waals surface area (Å²) in [6, 6.07) is 6.83. The van der Waals surface area contributed by atoms with Crippen LogP contribution in [0.2, 0.25) is 0 Å². The van der Waals surface area contributed by atoms with Crippen molar-refractivity contribution >= 4 is 11.9 Å². The van der Waals surface area contributed by atoms with Crippen molar-refractivity contribution in [3.63, 3.8) is 0 Å². The van der Waals surface area contributed by atoms with Crippen molar-refractivity contribution < 1.29 is 19.8 Å². The SMILES string of the molecule is O=C(O)CCNC(=O)C1CC1c1ccc(O)cc1. The first-order valence-corrected chi connectivity index (χ1v) is 5.86. The predicted molar refractivity (Wildman–Crippen MR) is 64.2 cm³/mol. The molecule has 0 radical (unpaired) electrons. The zero-order valence-electron chi connectivity index (χ0n) is 9.80. The van der Waals surface area contributed by atoms with Gasteiger partial charge in [-0.1, -0.05) is 12.1 Å². The Kier molecular flexibility index (Phi) is 3.50. The summed E-state index contributed by atoms with van der Waals surface area (Å²) in [5.41, 5.74) is 1.03. The normalized spacial score (nSPS) is 21.3. The van der Waals surface area contributed by atoms with Crippen LogP contribution in [0.1, 0.15) is 24.3 Å². The van der Waals surface area contributed by atoms with E-state index in [4.69, 9.17) is 10.2 Å². The van der Waals surface area contributed by atoms with Gasteiger partial charge in [0.15, 0.2) is 0 Å². The summed E-state index contributed by atoms with van der Waals surface area (Å²) in [6.45, 7) is 0.174. The highest BCUT2D eigenvalue weighted by molar-refractivity contribution is 5.83. The van der Waals surface area contributed by atoms with Crippen LogP contribution in [0.25, 0.3) is 0 Å². The highest BCUT2D eigenvalue weighted by Crippen LogP contribution is 2.47. The average Bonchev–Trinajstić information content (AvgIpc) is 3.09. The molecule has 0 aromatic heterocycles. The van der Waals surface area contributed by atoms with Gasteiger partial charge < -0.3 is 15.5 Å². The molecule has 0 heterocycles. The number of carboxylic acids is 1. The van der Waals surface area contributed by atoms with Crippen molar-refractivity contribution in [2.45, 2.75) is 18.8 Å². The lowest BCUT2D eigenvalue weighted by Crippen LogP contribution is -2.27. The van der Waals surface area contributed by atoms with Crippen LogP contribution >= 0.6 is 0 Å². The number of rotatable bonds is 5. The first kappa shape index (κ1) is 12.4. The van der Waals surface area contributed by atoms with Crippen molar-refractivity contribution in [2.24, 2.45) is 5.92 Å². The highest BCUT2D eigenvalue weighted by Gasteiger charge is 2.43. The topological polar surface area (TPSA) is 86.6 Å². The third-order valence-corrected chi connectivity index (χ3v) is 3.09. The van der Waals surface area contributed by atoms with E-state index < -0.39 is 5.97 Å². The Bertz CT molecular complexity index is 455. The number of benzene rings is 1. The van der Waals surface area contributed by atoms with E-state index in [0.29, 0.717) is 0 Å². The highest BCUT2D eigenvalue weighted by atomic mass is 16.4. The van der Waals surface area contributed by atoms with Crippen LogP contribution in [-0.2, 0) is 9.59 Å². The number of phenolic OH excluding ortho intramolecular Hbond substituents is 1. The Morgan fingerprint density at radius 2 is 1.94 bits per heavy atom. The maximum absolute atomic E-state index is 11.7. The Morgan fingerprint density at radius 3 is 2.56 bits per heavy atom. The third kappa shape index (κ3) is 3.00. The van der Waals surface area contributed by atoms with E-state index in [9.17, 15) is 9.59 Å². The summed E-state index contributed by atoms with van der Waals surface area (Å²) < 4.78 is 0. The van der Waals surface area contributed by atoms with Gasteiger partial charge in [-0.2, -0.15) is 0 Å². The predicted octanol–water partition coefficient (Wildman–Crippen LogP) is 1.09. The first-order chi connectivity index (χ1) is 8.58. The molecule has 3 N–H and O–H groups in total. The number of aromatic hydroxyl groups is 1. The van der Waals surface area contributed by atoms with Crippen molar-refractivity contribution in [2.75, 3.05) is 6.54 Å². The van der Waals surface area contributed by atoms with Gasteiger partial charge in [0.05, 0.1) is 6.42 Å². The Morgan fingerprint density at radius 1 is 1.28 bits per heavy atom. The number of nitrogens with one attached hydrogen (secondary N) is 1. The third-order valence-electron chi connectivity index (χ3n) is 3.09. The monoisotopic (exact) mass is 249 g/mol. The summed E-state index contributed by atoms with van der Waals surface area (Å²) >= 11 is 0. The molecule has 2 atom stereocenters. The van der Waals surface area contributed by atoms with Gasteiger partial charge in [0.25, 0.3) is 0 Å². The zero-order chi connectivity index (χ0) is 13.1. The molecule has 0 saturated heterocycles. The van der Waals surface area contributed by atoms with E-state index in [-0.39, 0.29) is 36.5 Å². The van der Waals surface area contributed by atoms with Gasteiger partial charge in [0.2, 0.25) is 5.91 Å². The lowest BCUT2D eigenvalue weighted by Gasteiger charge is -2.03. The minimum Gasteiger partial charge on any atom is -0.508 e. The lowest BCUT2D eigenvalue weighted by molar-refractivity contribution is -0.136. The Balaban J connectivity index is 1.81. The largest absolute Gasteiger partial charge is 0.508 e. The molecule has 5 nitrogen and oxygen atoms in total. The minimum absolute atomic E-state index is 0.0532. The molecule has 0 aliphatic heterocycles. The van der Waals surface area contributed by atoms with Gasteiger partial charge in [-0.25, -0.2) is 0 Å². The van der Waals surface area contributed by atoms with Crippen molar-refractivity contribution in [1.82, 2.24) is 5.32 Å². The molecule has 1 saturated carbocycles. The number of carbonyl (C=O) groups excluding carboxylic acids is 1. The van der Waals surface area contributed by atoms with E-state index in [1.54, 1.807) is 12.1 Å². The van der Waals surface area contributed by atoms with Gasteiger partial charge in [0, 0.05) is 12.5 Å². The maximum atomic E-state index is 11.7. The molecule has 1 amide bonds. The van der Waals surface area contributed by atoms with Crippen LogP contribution in [-0.4, -0.2) is 28.6 Å². The van der Waals surface area contributed by atoms with E-state index in [0.717, 1.165) is 12.0 Å². The van der Waals surface area contributed by atoms with Gasteiger partial charge in [-0.15, -0.1) is 0 Å². The van der Waals surface area contributed by atoms with Crippen molar-refractivity contribution in [1.29, 1.82) is 0 Å². The molecule has 0 spiro atoms. The van der Waals surface area contributed by atoms with Crippen LogP contribution in [0.5, 0.6) is 5.75 Å². The molecule has 0 bridgehead atoms. The average molecular weight is 249 g/mol. The van der Waals surface area contributed by atoms with Crippen molar-refractivity contribution in [3.8, 4) is 5.75 Å². The molecule has 1 fully saturated rings.